The lowest BCUT2D eigenvalue weighted by Crippen LogP contribution is -2.45. The number of allylic oxidation sites excluding steroid dienone is 1. The predicted molar refractivity (Wildman–Crippen MR) is 184 cm³/mol. The lowest BCUT2D eigenvalue weighted by Gasteiger charge is -2.28. The highest BCUT2D eigenvalue weighted by Crippen LogP contribution is 2.36. The number of nitrogens with zero attached hydrogens (tertiary/aromatic N) is 1. The Hall–Kier alpha value is -4.21. The molecule has 3 aromatic carbocycles. The summed E-state index contributed by atoms with van der Waals surface area (Å²) in [6.45, 7) is 3.33. The Bertz CT molecular complexity index is 1730. The minimum Gasteiger partial charge on any atom is -0.493 e. The molecule has 0 radical (unpaired) electrons. The summed E-state index contributed by atoms with van der Waals surface area (Å²) in [5, 5.41) is 10.4. The first-order chi connectivity index (χ1) is 22.5. The number of methoxy groups -OCH3 is 2. The van der Waals surface area contributed by atoms with Gasteiger partial charge in [-0.15, -0.1) is 0 Å². The second kappa shape index (κ2) is 16.6. The van der Waals surface area contributed by atoms with Crippen LogP contribution < -0.4 is 35.0 Å². The lowest BCUT2D eigenvalue weighted by molar-refractivity contribution is -0.139. The van der Waals surface area contributed by atoms with E-state index >= 15 is 0 Å². The Kier molecular flexibility index (Phi) is 12.6. The van der Waals surface area contributed by atoms with Gasteiger partial charge in [-0.05, 0) is 84.0 Å². The molecule has 1 heterocycles. The van der Waals surface area contributed by atoms with Gasteiger partial charge in [0.25, 0.3) is 5.91 Å². The van der Waals surface area contributed by atoms with E-state index in [9.17, 15) is 14.4 Å². The van der Waals surface area contributed by atoms with Crippen molar-refractivity contribution < 1.29 is 38.1 Å². The van der Waals surface area contributed by atoms with Crippen molar-refractivity contribution in [2.75, 3.05) is 27.4 Å². The van der Waals surface area contributed by atoms with Crippen molar-refractivity contribution in [3.05, 3.63) is 90.1 Å². The number of carbonyl (C=O) groups is 3. The fourth-order valence-corrected chi connectivity index (χ4v) is 5.75. The normalized spacial score (nSPS) is 14.3. The van der Waals surface area contributed by atoms with E-state index in [-0.39, 0.29) is 36.9 Å². The van der Waals surface area contributed by atoms with Crippen LogP contribution in [0.2, 0.25) is 10.0 Å². The minimum atomic E-state index is -0.785. The topological polar surface area (TPSA) is 146 Å². The summed E-state index contributed by atoms with van der Waals surface area (Å²) >= 11 is 14.4. The highest BCUT2D eigenvalue weighted by Gasteiger charge is 2.32. The van der Waals surface area contributed by atoms with E-state index in [1.165, 1.54) is 20.4 Å². The minimum absolute atomic E-state index is 0.176. The molecular formula is C32H31Cl2IN4O8. The highest BCUT2D eigenvalue weighted by molar-refractivity contribution is 14.1. The first kappa shape index (κ1) is 35.6. The van der Waals surface area contributed by atoms with Gasteiger partial charge >= 0.3 is 12.0 Å². The molecule has 0 saturated heterocycles. The molecule has 0 bridgehead atoms. The number of halogens is 3. The standard InChI is InChI=1S/C32H31Cl2IN4O8/c1-5-45-31(41)28-17(2)37-32(42)38-29(28)19-7-9-24(25(12-19)43-3)46-16-27(40)39-36-14-18-10-23(35)30(26(11-18)44-4)47-15-20-6-8-21(33)13-22(20)34/h6-14,29H,5,15-16H2,1-4H3,(H,39,40)(H2,37,38,42)/b36-14-/t29-/m1/s1. The molecule has 12 nitrogen and oxygen atoms in total. The van der Waals surface area contributed by atoms with E-state index < -0.39 is 23.9 Å². The van der Waals surface area contributed by atoms with E-state index in [0.717, 1.165) is 9.13 Å². The molecule has 0 unspecified atom stereocenters. The van der Waals surface area contributed by atoms with Gasteiger partial charge in [0, 0.05) is 21.3 Å². The van der Waals surface area contributed by atoms with Gasteiger partial charge < -0.3 is 34.3 Å². The highest BCUT2D eigenvalue weighted by atomic mass is 127. The fraction of sp³-hybridized carbons (Fsp3) is 0.250. The van der Waals surface area contributed by atoms with E-state index in [1.54, 1.807) is 56.3 Å². The van der Waals surface area contributed by atoms with Gasteiger partial charge in [-0.2, -0.15) is 5.10 Å². The van der Waals surface area contributed by atoms with E-state index in [0.29, 0.717) is 38.4 Å². The van der Waals surface area contributed by atoms with Crippen LogP contribution in [-0.2, 0) is 20.9 Å². The van der Waals surface area contributed by atoms with Crippen LogP contribution in [0, 0.1) is 3.57 Å². The maximum Gasteiger partial charge on any atom is 0.338 e. The number of hydrogen-bond donors (Lipinski definition) is 3. The molecule has 3 N–H and O–H groups in total. The number of rotatable bonds is 13. The van der Waals surface area contributed by atoms with Gasteiger partial charge in [-0.25, -0.2) is 15.0 Å². The Morgan fingerprint density at radius 3 is 2.49 bits per heavy atom. The maximum absolute atomic E-state index is 12.6. The lowest BCUT2D eigenvalue weighted by atomic mass is 9.95. The molecule has 0 saturated carbocycles. The number of hydrazone groups is 1. The van der Waals surface area contributed by atoms with E-state index in [1.807, 2.05) is 6.07 Å². The van der Waals surface area contributed by atoms with Gasteiger partial charge in [0.1, 0.15) is 6.61 Å². The Morgan fingerprint density at radius 1 is 1.02 bits per heavy atom. The van der Waals surface area contributed by atoms with Crippen molar-refractivity contribution in [2.45, 2.75) is 26.5 Å². The summed E-state index contributed by atoms with van der Waals surface area (Å²) in [6, 6.07) is 12.3. The van der Waals surface area contributed by atoms with Gasteiger partial charge in [-0.3, -0.25) is 4.79 Å². The van der Waals surface area contributed by atoms with Crippen LogP contribution in [0.25, 0.3) is 0 Å². The Balaban J connectivity index is 1.38. The van der Waals surface area contributed by atoms with Crippen LogP contribution >= 0.6 is 45.8 Å². The number of hydrogen-bond acceptors (Lipinski definition) is 9. The largest absolute Gasteiger partial charge is 0.493 e. The summed E-state index contributed by atoms with van der Waals surface area (Å²) in [6.07, 6.45) is 1.46. The first-order valence-corrected chi connectivity index (χ1v) is 15.9. The van der Waals surface area contributed by atoms with Crippen LogP contribution in [0.3, 0.4) is 0 Å². The second-order valence-electron chi connectivity index (χ2n) is 9.84. The zero-order valence-electron chi connectivity index (χ0n) is 25.7. The van der Waals surface area contributed by atoms with Gasteiger partial charge in [-0.1, -0.05) is 35.3 Å². The Morgan fingerprint density at radius 2 is 1.79 bits per heavy atom. The third-order valence-corrected chi connectivity index (χ3v) is 8.07. The number of carbonyl (C=O) groups excluding carboxylic acids is 3. The number of amides is 3. The average molecular weight is 797 g/mol. The SMILES string of the molecule is CCOC(=O)C1=C(C)NC(=O)N[C@@H]1c1ccc(OCC(=O)N/N=C\c2cc(I)c(OCc3ccc(Cl)cc3Cl)c(OC)c2)c(OC)c1. The van der Waals surface area contributed by atoms with Crippen LogP contribution in [0.4, 0.5) is 4.79 Å². The van der Waals surface area contributed by atoms with Crippen molar-refractivity contribution >= 4 is 69.9 Å². The number of benzene rings is 3. The summed E-state index contributed by atoms with van der Waals surface area (Å²) in [4.78, 5) is 37.3. The van der Waals surface area contributed by atoms with Gasteiger partial charge in [0.2, 0.25) is 0 Å². The Labute approximate surface area is 294 Å². The quantitative estimate of drug-likeness (QED) is 0.0838. The summed E-state index contributed by atoms with van der Waals surface area (Å²) < 4.78 is 28.6. The summed E-state index contributed by atoms with van der Waals surface area (Å²) in [5.74, 6) is 0.467. The molecule has 3 aromatic rings. The van der Waals surface area contributed by atoms with Crippen LogP contribution in [0.1, 0.15) is 36.6 Å². The zero-order chi connectivity index (χ0) is 34.1. The van der Waals surface area contributed by atoms with Crippen LogP contribution in [0.15, 0.2) is 64.9 Å². The maximum atomic E-state index is 12.6. The number of nitrogens with one attached hydrogen (secondary N) is 3. The summed E-state index contributed by atoms with van der Waals surface area (Å²) in [7, 11) is 2.96. The molecule has 15 heteroatoms. The third-order valence-electron chi connectivity index (χ3n) is 6.69. The molecule has 47 heavy (non-hydrogen) atoms. The fourth-order valence-electron chi connectivity index (χ4n) is 4.50. The molecule has 0 spiro atoms. The monoisotopic (exact) mass is 796 g/mol. The molecule has 0 aliphatic carbocycles. The van der Waals surface area contributed by atoms with Crippen molar-refractivity contribution in [1.82, 2.24) is 16.1 Å². The molecule has 4 rings (SSSR count). The van der Waals surface area contributed by atoms with Crippen molar-refractivity contribution in [3.63, 3.8) is 0 Å². The molecule has 1 aliphatic rings. The van der Waals surface area contributed by atoms with Crippen molar-refractivity contribution in [1.29, 1.82) is 0 Å². The van der Waals surface area contributed by atoms with Crippen molar-refractivity contribution in [2.24, 2.45) is 5.10 Å². The third kappa shape index (κ3) is 9.20. The zero-order valence-corrected chi connectivity index (χ0v) is 29.4. The first-order valence-electron chi connectivity index (χ1n) is 14.1. The summed E-state index contributed by atoms with van der Waals surface area (Å²) in [5.41, 5.74) is 5.03. The number of ether oxygens (including phenoxy) is 5. The average Bonchev–Trinajstić information content (AvgIpc) is 3.03. The van der Waals surface area contributed by atoms with E-state index in [2.05, 4.69) is 43.8 Å². The van der Waals surface area contributed by atoms with E-state index in [4.69, 9.17) is 46.9 Å². The second-order valence-corrected chi connectivity index (χ2v) is 11.8. The molecular weight excluding hydrogens is 766 g/mol. The molecule has 1 aliphatic heterocycles. The van der Waals surface area contributed by atoms with Crippen LogP contribution in [-0.4, -0.2) is 51.6 Å². The number of urea groups is 1. The number of esters is 1. The molecule has 3 amide bonds. The molecule has 0 fully saturated rings. The van der Waals surface area contributed by atoms with Gasteiger partial charge in [0.05, 0.1) is 42.2 Å². The molecule has 1 atom stereocenters. The van der Waals surface area contributed by atoms with Crippen LogP contribution in [0.5, 0.6) is 23.0 Å². The smallest absolute Gasteiger partial charge is 0.338 e. The molecule has 0 aromatic heterocycles. The molecule has 248 valence electrons. The predicted octanol–water partition coefficient (Wildman–Crippen LogP) is 5.91. The van der Waals surface area contributed by atoms with Gasteiger partial charge in [0.15, 0.2) is 29.6 Å². The van der Waals surface area contributed by atoms with Crippen molar-refractivity contribution in [3.8, 4) is 23.0 Å².